The molecule has 0 spiro atoms. The average Bonchev–Trinajstić information content (AvgIpc) is 2.47. The first-order valence-corrected chi connectivity index (χ1v) is 10.5. The number of aliphatic hydroxyl groups is 1. The number of ether oxygens (including phenoxy) is 1. The lowest BCUT2D eigenvalue weighted by Gasteiger charge is -2.46. The molecule has 1 rings (SSSR count). The Bertz CT molecular complexity index is 349. The molecule has 0 aromatic heterocycles. The maximum atomic E-state index is 10.1. The van der Waals surface area contributed by atoms with E-state index in [1.807, 2.05) is 0 Å². The number of unbranched alkanes of at least 4 members (excludes halogenated alkanes) is 5. The molecule has 3 atom stereocenters. The molecule has 0 aliphatic heterocycles. The summed E-state index contributed by atoms with van der Waals surface area (Å²) in [6.45, 7) is 11.9. The number of hydrogen-bond donors (Lipinski definition) is 3. The van der Waals surface area contributed by atoms with Crippen molar-refractivity contribution in [2.24, 2.45) is 16.6 Å². The molecule has 150 valence electrons. The van der Waals surface area contributed by atoms with Crippen LogP contribution in [0.25, 0.3) is 0 Å². The summed E-state index contributed by atoms with van der Waals surface area (Å²) in [5.74, 6) is 0. The molecule has 0 aromatic rings. The third-order valence-corrected chi connectivity index (χ3v) is 5.36. The first kappa shape index (κ1) is 22.9. The number of rotatable bonds is 13. The van der Waals surface area contributed by atoms with Crippen LogP contribution in [0.5, 0.6) is 0 Å². The molecule has 0 amide bonds. The number of nitrogens with one attached hydrogen (secondary N) is 1. The van der Waals surface area contributed by atoms with E-state index >= 15 is 0 Å². The van der Waals surface area contributed by atoms with Gasteiger partial charge in [0.25, 0.3) is 0 Å². The monoisotopic (exact) mass is 356 g/mol. The molecule has 1 aliphatic carbocycles. The van der Waals surface area contributed by atoms with Crippen molar-refractivity contribution in [3.63, 3.8) is 0 Å². The standard InChI is InChI=1S/C21H44N2O2/c1-5-6-7-8-9-10-11-25-15-19(24)14-23-17-21(4)13-18(22)12-20(2,3)16-21/h18-19,23-24H,5-17,22H2,1-4H3. The first-order valence-electron chi connectivity index (χ1n) is 10.5. The summed E-state index contributed by atoms with van der Waals surface area (Å²) >= 11 is 0. The van der Waals surface area contributed by atoms with Crippen molar-refractivity contribution in [1.82, 2.24) is 5.32 Å². The van der Waals surface area contributed by atoms with Crippen molar-refractivity contribution in [3.05, 3.63) is 0 Å². The lowest BCUT2D eigenvalue weighted by molar-refractivity contribution is 0.0305. The van der Waals surface area contributed by atoms with Gasteiger partial charge in [-0.2, -0.15) is 0 Å². The highest BCUT2D eigenvalue weighted by molar-refractivity contribution is 4.94. The highest BCUT2D eigenvalue weighted by Gasteiger charge is 2.39. The Morgan fingerprint density at radius 2 is 1.80 bits per heavy atom. The zero-order valence-electron chi connectivity index (χ0n) is 17.3. The van der Waals surface area contributed by atoms with Gasteiger partial charge in [-0.25, -0.2) is 0 Å². The Labute approximate surface area is 156 Å². The van der Waals surface area contributed by atoms with Gasteiger partial charge in [-0.05, 0) is 36.5 Å². The molecule has 3 unspecified atom stereocenters. The second-order valence-electron chi connectivity index (χ2n) is 9.45. The Morgan fingerprint density at radius 3 is 2.48 bits per heavy atom. The molecular weight excluding hydrogens is 312 g/mol. The molecule has 0 heterocycles. The average molecular weight is 357 g/mol. The molecule has 1 fully saturated rings. The summed E-state index contributed by atoms with van der Waals surface area (Å²) in [5.41, 5.74) is 6.79. The van der Waals surface area contributed by atoms with Crippen LogP contribution in [0.1, 0.15) is 85.5 Å². The number of hydrogen-bond acceptors (Lipinski definition) is 4. The van der Waals surface area contributed by atoms with Crippen molar-refractivity contribution in [2.45, 2.75) is 97.6 Å². The highest BCUT2D eigenvalue weighted by atomic mass is 16.5. The van der Waals surface area contributed by atoms with Crippen LogP contribution in [-0.2, 0) is 4.74 Å². The maximum Gasteiger partial charge on any atom is 0.0897 e. The topological polar surface area (TPSA) is 67.5 Å². The fraction of sp³-hybridized carbons (Fsp3) is 1.00. The van der Waals surface area contributed by atoms with Crippen LogP contribution in [-0.4, -0.2) is 43.6 Å². The van der Waals surface area contributed by atoms with E-state index in [-0.39, 0.29) is 5.41 Å². The Balaban J connectivity index is 2.07. The van der Waals surface area contributed by atoms with E-state index in [0.717, 1.165) is 32.4 Å². The largest absolute Gasteiger partial charge is 0.389 e. The summed E-state index contributed by atoms with van der Waals surface area (Å²) in [4.78, 5) is 0. The van der Waals surface area contributed by atoms with Gasteiger partial charge in [0.1, 0.15) is 0 Å². The molecular formula is C21H44N2O2. The third-order valence-electron chi connectivity index (χ3n) is 5.36. The van der Waals surface area contributed by atoms with Crippen LogP contribution in [0, 0.1) is 10.8 Å². The minimum absolute atomic E-state index is 0.222. The molecule has 0 bridgehead atoms. The second-order valence-corrected chi connectivity index (χ2v) is 9.45. The minimum atomic E-state index is -0.422. The molecule has 1 aliphatic rings. The van der Waals surface area contributed by atoms with E-state index in [2.05, 4.69) is 33.0 Å². The third kappa shape index (κ3) is 10.5. The second kappa shape index (κ2) is 11.5. The SMILES string of the molecule is CCCCCCCCOCC(O)CNCC1(C)CC(N)CC(C)(C)C1. The van der Waals surface area contributed by atoms with Crippen molar-refractivity contribution < 1.29 is 9.84 Å². The van der Waals surface area contributed by atoms with Crippen LogP contribution in [0.15, 0.2) is 0 Å². The van der Waals surface area contributed by atoms with Gasteiger partial charge in [-0.3, -0.25) is 0 Å². The fourth-order valence-corrected chi connectivity index (χ4v) is 4.65. The molecule has 0 radical (unpaired) electrons. The van der Waals surface area contributed by atoms with Gasteiger partial charge in [-0.15, -0.1) is 0 Å². The van der Waals surface area contributed by atoms with E-state index in [1.165, 1.54) is 38.5 Å². The van der Waals surface area contributed by atoms with Gasteiger partial charge in [0.15, 0.2) is 0 Å². The highest BCUT2D eigenvalue weighted by Crippen LogP contribution is 2.45. The van der Waals surface area contributed by atoms with Crippen molar-refractivity contribution >= 4 is 0 Å². The summed E-state index contributed by atoms with van der Waals surface area (Å²) in [6, 6.07) is 0.293. The zero-order chi connectivity index (χ0) is 18.8. The maximum absolute atomic E-state index is 10.1. The van der Waals surface area contributed by atoms with Crippen molar-refractivity contribution in [2.75, 3.05) is 26.3 Å². The molecule has 4 nitrogen and oxygen atoms in total. The van der Waals surface area contributed by atoms with Gasteiger partial charge in [-0.1, -0.05) is 59.8 Å². The van der Waals surface area contributed by atoms with Crippen LogP contribution in [0.3, 0.4) is 0 Å². The molecule has 4 N–H and O–H groups in total. The van der Waals surface area contributed by atoms with Crippen molar-refractivity contribution in [3.8, 4) is 0 Å². The van der Waals surface area contributed by atoms with Gasteiger partial charge in [0.05, 0.1) is 12.7 Å². The summed E-state index contributed by atoms with van der Waals surface area (Å²) in [6.07, 6.45) is 10.5. The lowest BCUT2D eigenvalue weighted by Crippen LogP contribution is -2.47. The van der Waals surface area contributed by atoms with Crippen LogP contribution >= 0.6 is 0 Å². The van der Waals surface area contributed by atoms with E-state index < -0.39 is 6.10 Å². The van der Waals surface area contributed by atoms with Gasteiger partial charge in [0, 0.05) is 25.7 Å². The molecule has 1 saturated carbocycles. The van der Waals surface area contributed by atoms with Crippen LogP contribution in [0.4, 0.5) is 0 Å². The molecule has 25 heavy (non-hydrogen) atoms. The smallest absolute Gasteiger partial charge is 0.0897 e. The van der Waals surface area contributed by atoms with Gasteiger partial charge < -0.3 is 20.9 Å². The van der Waals surface area contributed by atoms with E-state index in [9.17, 15) is 5.11 Å². The van der Waals surface area contributed by atoms with Crippen LogP contribution in [0.2, 0.25) is 0 Å². The fourth-order valence-electron chi connectivity index (χ4n) is 4.65. The van der Waals surface area contributed by atoms with Crippen LogP contribution < -0.4 is 11.1 Å². The van der Waals surface area contributed by atoms with Gasteiger partial charge >= 0.3 is 0 Å². The zero-order valence-corrected chi connectivity index (χ0v) is 17.3. The van der Waals surface area contributed by atoms with E-state index in [0.29, 0.717) is 24.6 Å². The number of nitrogens with two attached hydrogens (primary N) is 1. The van der Waals surface area contributed by atoms with E-state index in [1.54, 1.807) is 0 Å². The first-order chi connectivity index (χ1) is 11.8. The normalized spacial score (nSPS) is 27.4. The number of aliphatic hydroxyl groups excluding tert-OH is 1. The van der Waals surface area contributed by atoms with Gasteiger partial charge in [0.2, 0.25) is 0 Å². The Kier molecular flexibility index (Phi) is 10.6. The summed E-state index contributed by atoms with van der Waals surface area (Å²) in [7, 11) is 0. The molecule has 4 heteroatoms. The van der Waals surface area contributed by atoms with E-state index in [4.69, 9.17) is 10.5 Å². The predicted molar refractivity (Wildman–Crippen MR) is 107 cm³/mol. The Hall–Kier alpha value is -0.160. The minimum Gasteiger partial charge on any atom is -0.389 e. The summed E-state index contributed by atoms with van der Waals surface area (Å²) < 4.78 is 5.61. The lowest BCUT2D eigenvalue weighted by atomic mass is 9.63. The summed E-state index contributed by atoms with van der Waals surface area (Å²) in [5, 5.41) is 13.5. The Morgan fingerprint density at radius 1 is 1.12 bits per heavy atom. The quantitative estimate of drug-likeness (QED) is 0.438. The van der Waals surface area contributed by atoms with Crippen molar-refractivity contribution in [1.29, 1.82) is 0 Å². The molecule has 0 saturated heterocycles. The molecule has 0 aromatic carbocycles. The predicted octanol–water partition coefficient (Wildman–Crippen LogP) is 3.86.